The van der Waals surface area contributed by atoms with Crippen LogP contribution in [0, 0.1) is 5.82 Å². The molecule has 0 saturated carbocycles. The molecule has 0 atom stereocenters. The zero-order valence-corrected chi connectivity index (χ0v) is 11.0. The van der Waals surface area contributed by atoms with Crippen LogP contribution < -0.4 is 15.8 Å². The molecule has 0 bridgehead atoms. The Morgan fingerprint density at radius 3 is 2.83 bits per heavy atom. The number of ether oxygens (including phenoxy) is 1. The van der Waals surface area contributed by atoms with Crippen molar-refractivity contribution in [2.45, 2.75) is 0 Å². The Labute approximate surface area is 111 Å². The number of hydrogen-bond acceptors (Lipinski definition) is 5. The average molecular weight is 313 g/mol. The molecule has 1 heterocycles. The van der Waals surface area contributed by atoms with Crippen molar-refractivity contribution in [2.75, 3.05) is 18.2 Å². The number of nitrogens with one attached hydrogen (secondary N) is 1. The van der Waals surface area contributed by atoms with Crippen LogP contribution >= 0.6 is 15.9 Å². The maximum Gasteiger partial charge on any atom is 0.204 e. The van der Waals surface area contributed by atoms with E-state index in [1.807, 2.05) is 0 Å². The number of anilines is 3. The third kappa shape index (κ3) is 2.51. The van der Waals surface area contributed by atoms with Crippen LogP contribution in [0.1, 0.15) is 0 Å². The number of halogens is 2. The number of rotatable bonds is 3. The highest BCUT2D eigenvalue weighted by Gasteiger charge is 2.11. The number of benzene rings is 1. The molecule has 0 unspecified atom stereocenters. The van der Waals surface area contributed by atoms with E-state index in [1.54, 1.807) is 6.07 Å². The Hall–Kier alpha value is -1.89. The molecule has 0 saturated heterocycles. The predicted molar refractivity (Wildman–Crippen MR) is 70.4 cm³/mol. The maximum atomic E-state index is 13.0. The van der Waals surface area contributed by atoms with Crippen LogP contribution in [0.25, 0.3) is 0 Å². The molecular formula is C11H10BrFN4O. The van der Waals surface area contributed by atoms with Crippen molar-refractivity contribution < 1.29 is 9.13 Å². The fourth-order valence-corrected chi connectivity index (χ4v) is 1.85. The second kappa shape index (κ2) is 5.18. The number of nitrogen functional groups attached to an aromatic ring is 1. The molecule has 0 aliphatic rings. The normalized spacial score (nSPS) is 10.2. The van der Waals surface area contributed by atoms with Crippen LogP contribution in [-0.4, -0.2) is 17.1 Å². The van der Waals surface area contributed by atoms with Crippen molar-refractivity contribution >= 4 is 33.3 Å². The minimum Gasteiger partial charge on any atom is -0.490 e. The molecule has 5 nitrogen and oxygen atoms in total. The molecule has 0 amide bonds. The van der Waals surface area contributed by atoms with Gasteiger partial charge < -0.3 is 15.8 Å². The summed E-state index contributed by atoms with van der Waals surface area (Å²) in [5.74, 6) is 0.654. The SMILES string of the molecule is COc1c(N)ncnc1Nc1ccc(F)cc1Br. The Morgan fingerprint density at radius 1 is 1.39 bits per heavy atom. The zero-order valence-electron chi connectivity index (χ0n) is 9.45. The van der Waals surface area contributed by atoms with E-state index in [0.717, 1.165) is 0 Å². The lowest BCUT2D eigenvalue weighted by Gasteiger charge is -2.12. The van der Waals surface area contributed by atoms with Gasteiger partial charge in [-0.05, 0) is 34.1 Å². The first-order valence-electron chi connectivity index (χ1n) is 4.98. The van der Waals surface area contributed by atoms with Gasteiger partial charge in [0.25, 0.3) is 0 Å². The molecule has 0 aliphatic carbocycles. The van der Waals surface area contributed by atoms with Crippen molar-refractivity contribution in [2.24, 2.45) is 0 Å². The van der Waals surface area contributed by atoms with Gasteiger partial charge in [-0.1, -0.05) is 0 Å². The van der Waals surface area contributed by atoms with Crippen molar-refractivity contribution in [3.05, 3.63) is 34.8 Å². The molecule has 1 aromatic heterocycles. The fourth-order valence-electron chi connectivity index (χ4n) is 1.40. The van der Waals surface area contributed by atoms with Gasteiger partial charge in [0.1, 0.15) is 12.1 Å². The lowest BCUT2D eigenvalue weighted by atomic mass is 10.3. The van der Waals surface area contributed by atoms with Crippen molar-refractivity contribution in [1.82, 2.24) is 9.97 Å². The highest BCUT2D eigenvalue weighted by molar-refractivity contribution is 9.10. The summed E-state index contributed by atoms with van der Waals surface area (Å²) in [4.78, 5) is 7.85. The lowest BCUT2D eigenvalue weighted by Crippen LogP contribution is -2.03. The molecule has 0 spiro atoms. The number of nitrogens with zero attached hydrogens (tertiary/aromatic N) is 2. The summed E-state index contributed by atoms with van der Waals surface area (Å²) in [6.07, 6.45) is 1.32. The summed E-state index contributed by atoms with van der Waals surface area (Å²) >= 11 is 3.25. The van der Waals surface area contributed by atoms with Gasteiger partial charge in [-0.3, -0.25) is 0 Å². The lowest BCUT2D eigenvalue weighted by molar-refractivity contribution is 0.415. The first-order chi connectivity index (χ1) is 8.61. The largest absolute Gasteiger partial charge is 0.490 e. The summed E-state index contributed by atoms with van der Waals surface area (Å²) in [6, 6.07) is 4.26. The summed E-state index contributed by atoms with van der Waals surface area (Å²) < 4.78 is 18.6. The smallest absolute Gasteiger partial charge is 0.204 e. The van der Waals surface area contributed by atoms with Crippen LogP contribution in [-0.2, 0) is 0 Å². The Morgan fingerprint density at radius 2 is 2.17 bits per heavy atom. The molecule has 0 radical (unpaired) electrons. The van der Waals surface area contributed by atoms with Crippen molar-refractivity contribution in [3.8, 4) is 5.75 Å². The number of hydrogen-bond donors (Lipinski definition) is 2. The highest BCUT2D eigenvalue weighted by atomic mass is 79.9. The molecule has 2 aromatic rings. The molecule has 18 heavy (non-hydrogen) atoms. The summed E-state index contributed by atoms with van der Waals surface area (Å²) in [7, 11) is 1.47. The number of methoxy groups -OCH3 is 1. The summed E-state index contributed by atoms with van der Waals surface area (Å²) in [5, 5.41) is 2.99. The molecule has 2 rings (SSSR count). The second-order valence-corrected chi connectivity index (χ2v) is 4.24. The van der Waals surface area contributed by atoms with Gasteiger partial charge in [-0.25, -0.2) is 14.4 Å². The van der Waals surface area contributed by atoms with Crippen LogP contribution in [0.2, 0.25) is 0 Å². The molecule has 3 N–H and O–H groups in total. The highest BCUT2D eigenvalue weighted by Crippen LogP contribution is 2.32. The third-order valence-corrected chi connectivity index (χ3v) is 2.88. The minimum atomic E-state index is -0.332. The van der Waals surface area contributed by atoms with Crippen molar-refractivity contribution in [1.29, 1.82) is 0 Å². The number of nitrogens with two attached hydrogens (primary N) is 1. The quantitative estimate of drug-likeness (QED) is 0.911. The van der Waals surface area contributed by atoms with Crippen LogP contribution in [0.5, 0.6) is 5.75 Å². The van der Waals surface area contributed by atoms with E-state index in [9.17, 15) is 4.39 Å². The van der Waals surface area contributed by atoms with Crippen LogP contribution in [0.15, 0.2) is 29.0 Å². The summed E-state index contributed by atoms with van der Waals surface area (Å²) in [6.45, 7) is 0. The van der Waals surface area contributed by atoms with E-state index >= 15 is 0 Å². The Kier molecular flexibility index (Phi) is 3.61. The molecular weight excluding hydrogens is 303 g/mol. The van der Waals surface area contributed by atoms with E-state index in [0.29, 0.717) is 21.7 Å². The molecule has 7 heteroatoms. The van der Waals surface area contributed by atoms with E-state index < -0.39 is 0 Å². The zero-order chi connectivity index (χ0) is 13.1. The first-order valence-corrected chi connectivity index (χ1v) is 5.77. The van der Waals surface area contributed by atoms with E-state index in [1.165, 1.54) is 25.6 Å². The van der Waals surface area contributed by atoms with Gasteiger partial charge >= 0.3 is 0 Å². The molecule has 1 aromatic carbocycles. The standard InChI is InChI=1S/C11H10BrFN4O/c1-18-9-10(14)15-5-16-11(9)17-8-3-2-6(13)4-7(8)12/h2-5H,1H3,(H3,14,15,16,17). The maximum absolute atomic E-state index is 13.0. The van der Waals surface area contributed by atoms with Gasteiger partial charge in [0.05, 0.1) is 12.8 Å². The van der Waals surface area contributed by atoms with Crippen molar-refractivity contribution in [3.63, 3.8) is 0 Å². The Bertz CT molecular complexity index is 579. The molecule has 0 aliphatic heterocycles. The van der Waals surface area contributed by atoms with Crippen LogP contribution in [0.4, 0.5) is 21.7 Å². The minimum absolute atomic E-state index is 0.230. The topological polar surface area (TPSA) is 73.1 Å². The van der Waals surface area contributed by atoms with E-state index in [2.05, 4.69) is 31.2 Å². The Balaban J connectivity index is 2.37. The second-order valence-electron chi connectivity index (χ2n) is 3.39. The predicted octanol–water partition coefficient (Wildman–Crippen LogP) is 2.71. The van der Waals surface area contributed by atoms with Gasteiger partial charge in [0.2, 0.25) is 5.75 Å². The van der Waals surface area contributed by atoms with E-state index in [-0.39, 0.29) is 11.6 Å². The third-order valence-electron chi connectivity index (χ3n) is 2.22. The van der Waals surface area contributed by atoms with Gasteiger partial charge in [0.15, 0.2) is 11.6 Å². The molecule has 0 fully saturated rings. The van der Waals surface area contributed by atoms with E-state index in [4.69, 9.17) is 10.5 Å². The summed E-state index contributed by atoms with van der Waals surface area (Å²) in [5.41, 5.74) is 6.31. The average Bonchev–Trinajstić information content (AvgIpc) is 2.33. The monoisotopic (exact) mass is 312 g/mol. The number of aromatic nitrogens is 2. The van der Waals surface area contributed by atoms with Crippen LogP contribution in [0.3, 0.4) is 0 Å². The van der Waals surface area contributed by atoms with Gasteiger partial charge in [-0.2, -0.15) is 0 Å². The van der Waals surface area contributed by atoms with Gasteiger partial charge in [-0.15, -0.1) is 0 Å². The molecule has 94 valence electrons. The fraction of sp³-hybridized carbons (Fsp3) is 0.0909. The van der Waals surface area contributed by atoms with Gasteiger partial charge in [0, 0.05) is 4.47 Å². The first kappa shape index (κ1) is 12.6.